The van der Waals surface area contributed by atoms with Crippen LogP contribution in [-0.4, -0.2) is 36.5 Å². The zero-order valence-electron chi connectivity index (χ0n) is 16.5. The van der Waals surface area contributed by atoms with Gasteiger partial charge in [-0.1, -0.05) is 23.9 Å². The average molecular weight is 468 g/mol. The first-order valence-corrected chi connectivity index (χ1v) is 13.4. The van der Waals surface area contributed by atoms with Crippen molar-refractivity contribution in [1.29, 1.82) is 0 Å². The van der Waals surface area contributed by atoms with Gasteiger partial charge in [0, 0.05) is 17.2 Å². The highest BCUT2D eigenvalue weighted by atomic mass is 32.2. The molecule has 3 aromatic rings. The lowest BCUT2D eigenvalue weighted by molar-refractivity contribution is 0.587. The Bertz CT molecular complexity index is 1250. The molecule has 1 aliphatic carbocycles. The molecule has 160 valence electrons. The van der Waals surface area contributed by atoms with Crippen LogP contribution < -0.4 is 10.3 Å². The van der Waals surface area contributed by atoms with Crippen molar-refractivity contribution in [3.63, 3.8) is 0 Å². The molecule has 0 aliphatic heterocycles. The highest BCUT2D eigenvalue weighted by molar-refractivity contribution is 7.99. The van der Waals surface area contributed by atoms with Crippen molar-refractivity contribution < 1.29 is 12.8 Å². The van der Waals surface area contributed by atoms with Crippen LogP contribution in [0, 0.1) is 5.82 Å². The van der Waals surface area contributed by atoms with Crippen LogP contribution in [0.5, 0.6) is 0 Å². The molecule has 0 saturated heterocycles. The first-order valence-electron chi connectivity index (χ1n) is 9.75. The summed E-state index contributed by atoms with van der Waals surface area (Å²) in [7, 11) is -3.24. The van der Waals surface area contributed by atoms with Gasteiger partial charge in [-0.25, -0.2) is 22.5 Å². The summed E-state index contributed by atoms with van der Waals surface area (Å²) in [6, 6.07) is 6.20. The van der Waals surface area contributed by atoms with E-state index >= 15 is 0 Å². The minimum absolute atomic E-state index is 0.185. The monoisotopic (exact) mass is 467 g/mol. The summed E-state index contributed by atoms with van der Waals surface area (Å²) >= 11 is 2.89. The van der Waals surface area contributed by atoms with Crippen molar-refractivity contribution in [3.05, 3.63) is 50.9 Å². The van der Waals surface area contributed by atoms with Crippen LogP contribution in [0.4, 0.5) is 4.39 Å². The number of halogens is 1. The predicted octanol–water partition coefficient (Wildman–Crippen LogP) is 3.50. The molecule has 0 saturated carbocycles. The van der Waals surface area contributed by atoms with Gasteiger partial charge in [0.05, 0.1) is 17.3 Å². The fourth-order valence-electron chi connectivity index (χ4n) is 3.62. The normalized spacial score (nSPS) is 14.2. The fourth-order valence-corrected chi connectivity index (χ4v) is 6.38. The number of rotatable bonds is 7. The Hall–Kier alpha value is -1.75. The number of thioether (sulfide) groups is 1. The van der Waals surface area contributed by atoms with Crippen LogP contribution in [0.2, 0.25) is 0 Å². The number of sulfonamides is 1. The van der Waals surface area contributed by atoms with E-state index in [-0.39, 0.29) is 11.2 Å². The molecular formula is C20H22FN3O3S3. The van der Waals surface area contributed by atoms with Crippen LogP contribution in [0.3, 0.4) is 0 Å². The lowest BCUT2D eigenvalue weighted by Crippen LogP contribution is -2.24. The highest BCUT2D eigenvalue weighted by Gasteiger charge is 2.23. The molecule has 0 amide bonds. The average Bonchev–Trinajstić information content (AvgIpc) is 3.06. The summed E-state index contributed by atoms with van der Waals surface area (Å²) in [4.78, 5) is 20.2. The van der Waals surface area contributed by atoms with Crippen molar-refractivity contribution in [1.82, 2.24) is 14.3 Å². The van der Waals surface area contributed by atoms with Gasteiger partial charge >= 0.3 is 0 Å². The van der Waals surface area contributed by atoms with Gasteiger partial charge in [0.15, 0.2) is 5.16 Å². The molecule has 1 N–H and O–H groups in total. The van der Waals surface area contributed by atoms with Crippen molar-refractivity contribution in [2.24, 2.45) is 0 Å². The number of benzene rings is 1. The van der Waals surface area contributed by atoms with E-state index in [1.165, 1.54) is 27.3 Å². The summed E-state index contributed by atoms with van der Waals surface area (Å²) in [5.74, 6) is 0.0606. The number of aromatic nitrogens is 2. The number of aryl methyl sites for hydroxylation is 2. The first kappa shape index (κ1) is 21.5. The Kier molecular flexibility index (Phi) is 6.29. The van der Waals surface area contributed by atoms with Gasteiger partial charge in [-0.15, -0.1) is 11.3 Å². The van der Waals surface area contributed by atoms with E-state index in [2.05, 4.69) is 4.72 Å². The van der Waals surface area contributed by atoms with Crippen LogP contribution in [-0.2, 0) is 22.9 Å². The molecule has 10 heteroatoms. The lowest BCUT2D eigenvalue weighted by atomic mass is 9.97. The van der Waals surface area contributed by atoms with Crippen molar-refractivity contribution >= 4 is 43.3 Å². The van der Waals surface area contributed by atoms with Crippen LogP contribution >= 0.6 is 23.1 Å². The van der Waals surface area contributed by atoms with E-state index < -0.39 is 15.8 Å². The van der Waals surface area contributed by atoms with Crippen molar-refractivity contribution in [3.8, 4) is 5.69 Å². The van der Waals surface area contributed by atoms with Gasteiger partial charge in [0.1, 0.15) is 10.6 Å². The maximum absolute atomic E-state index is 14.6. The highest BCUT2D eigenvalue weighted by Crippen LogP contribution is 2.35. The topological polar surface area (TPSA) is 81.1 Å². The molecule has 0 radical (unpaired) electrons. The molecule has 0 atom stereocenters. The molecule has 0 unspecified atom stereocenters. The molecule has 0 bridgehead atoms. The van der Waals surface area contributed by atoms with Gasteiger partial charge < -0.3 is 0 Å². The molecular weight excluding hydrogens is 445 g/mol. The molecule has 1 aromatic carbocycles. The number of nitrogens with one attached hydrogen (secondary N) is 1. The van der Waals surface area contributed by atoms with E-state index in [0.717, 1.165) is 37.5 Å². The van der Waals surface area contributed by atoms with Crippen molar-refractivity contribution in [2.75, 3.05) is 18.6 Å². The largest absolute Gasteiger partial charge is 0.268 e. The predicted molar refractivity (Wildman–Crippen MR) is 120 cm³/mol. The van der Waals surface area contributed by atoms with Crippen molar-refractivity contribution in [2.45, 2.75) is 37.3 Å². The molecule has 0 fully saturated rings. The lowest BCUT2D eigenvalue weighted by Gasteiger charge is -2.14. The number of hydrogen-bond donors (Lipinski definition) is 1. The second-order valence-electron chi connectivity index (χ2n) is 7.25. The Morgan fingerprint density at radius 2 is 2.03 bits per heavy atom. The van der Waals surface area contributed by atoms with E-state index in [1.54, 1.807) is 29.5 Å². The number of para-hydroxylation sites is 1. The Labute approximate surface area is 182 Å². The minimum atomic E-state index is -3.24. The molecule has 6 nitrogen and oxygen atoms in total. The second kappa shape index (κ2) is 8.78. The number of hydrogen-bond acceptors (Lipinski definition) is 6. The Morgan fingerprint density at radius 3 is 2.80 bits per heavy atom. The Balaban J connectivity index is 1.75. The standard InChI is InChI=1S/C20H22FN3O3S3/c1-30(26,27)22-11-6-12-28-20-23-18-17(13-7-2-5-10-16(13)29-18)19(25)24(20)15-9-4-3-8-14(15)21/h3-4,8-9,22H,2,5-7,10-12H2,1H3. The summed E-state index contributed by atoms with van der Waals surface area (Å²) in [6.45, 7) is 0.297. The quantitative estimate of drug-likeness (QED) is 0.327. The maximum Gasteiger partial charge on any atom is 0.267 e. The smallest absolute Gasteiger partial charge is 0.267 e. The fraction of sp³-hybridized carbons (Fsp3) is 0.400. The third-order valence-corrected chi connectivity index (χ3v) is 7.91. The van der Waals surface area contributed by atoms with E-state index in [0.29, 0.717) is 34.1 Å². The SMILES string of the molecule is CS(=O)(=O)NCCCSc1nc2sc3c(c2c(=O)n1-c1ccccc1F)CCCC3. The summed E-state index contributed by atoms with van der Waals surface area (Å²) in [5.41, 5.74) is 1.02. The summed E-state index contributed by atoms with van der Waals surface area (Å²) < 4.78 is 40.8. The van der Waals surface area contributed by atoms with E-state index in [1.807, 2.05) is 0 Å². The first-order chi connectivity index (χ1) is 14.3. The van der Waals surface area contributed by atoms with E-state index in [9.17, 15) is 17.6 Å². The third kappa shape index (κ3) is 4.46. The number of nitrogens with zero attached hydrogens (tertiary/aromatic N) is 2. The molecule has 2 heterocycles. The van der Waals surface area contributed by atoms with Crippen LogP contribution in [0.25, 0.3) is 15.9 Å². The van der Waals surface area contributed by atoms with Gasteiger partial charge in [0.25, 0.3) is 5.56 Å². The Morgan fingerprint density at radius 1 is 1.27 bits per heavy atom. The summed E-state index contributed by atoms with van der Waals surface area (Å²) in [6.07, 6.45) is 5.63. The molecule has 30 heavy (non-hydrogen) atoms. The zero-order chi connectivity index (χ0) is 21.3. The molecule has 0 spiro atoms. The molecule has 2 aromatic heterocycles. The zero-order valence-corrected chi connectivity index (χ0v) is 18.9. The number of fused-ring (bicyclic) bond motifs is 3. The van der Waals surface area contributed by atoms with Gasteiger partial charge in [-0.05, 0) is 49.8 Å². The van der Waals surface area contributed by atoms with Gasteiger partial charge in [0.2, 0.25) is 10.0 Å². The number of thiophene rings is 1. The van der Waals surface area contributed by atoms with Crippen LogP contribution in [0.1, 0.15) is 29.7 Å². The minimum Gasteiger partial charge on any atom is -0.268 e. The molecule has 1 aliphatic rings. The maximum atomic E-state index is 14.6. The third-order valence-electron chi connectivity index (χ3n) is 4.97. The summed E-state index contributed by atoms with van der Waals surface area (Å²) in [5, 5.41) is 1.04. The van der Waals surface area contributed by atoms with E-state index in [4.69, 9.17) is 4.98 Å². The van der Waals surface area contributed by atoms with Gasteiger partial charge in [-0.2, -0.15) is 0 Å². The second-order valence-corrected chi connectivity index (χ2v) is 11.2. The molecule has 4 rings (SSSR count). The van der Waals surface area contributed by atoms with Crippen LogP contribution in [0.15, 0.2) is 34.2 Å². The van der Waals surface area contributed by atoms with Gasteiger partial charge in [-0.3, -0.25) is 9.36 Å².